The van der Waals surface area contributed by atoms with Crippen LogP contribution in [0.4, 0.5) is 4.39 Å². The topological polar surface area (TPSA) is 42.4 Å². The van der Waals surface area contributed by atoms with E-state index in [1.807, 2.05) is 26.8 Å². The molecule has 1 atom stereocenters. The fourth-order valence-electron chi connectivity index (χ4n) is 2.05. The maximum atomic E-state index is 13.5. The summed E-state index contributed by atoms with van der Waals surface area (Å²) in [6, 6.07) is 4.53. The summed E-state index contributed by atoms with van der Waals surface area (Å²) in [6.45, 7) is 7.19. The van der Waals surface area contributed by atoms with E-state index in [4.69, 9.17) is 16.3 Å². The molecule has 0 aliphatic carbocycles. The molecular formula is C16H17ClFNO2. The number of pyridine rings is 1. The van der Waals surface area contributed by atoms with Crippen LogP contribution < -0.4 is 4.74 Å². The number of rotatable bonds is 3. The molecule has 1 aromatic carbocycles. The first-order chi connectivity index (χ1) is 9.81. The van der Waals surface area contributed by atoms with Crippen molar-refractivity contribution in [3.8, 4) is 11.5 Å². The molecule has 5 heteroatoms. The number of halogens is 2. The van der Waals surface area contributed by atoms with Crippen LogP contribution >= 0.6 is 11.6 Å². The van der Waals surface area contributed by atoms with Gasteiger partial charge >= 0.3 is 0 Å². The molecule has 2 rings (SSSR count). The van der Waals surface area contributed by atoms with Gasteiger partial charge in [-0.3, -0.25) is 4.98 Å². The lowest BCUT2D eigenvalue weighted by Gasteiger charge is -2.17. The lowest BCUT2D eigenvalue weighted by atomic mass is 10.1. The van der Waals surface area contributed by atoms with E-state index in [1.165, 1.54) is 19.1 Å². The van der Waals surface area contributed by atoms with Crippen LogP contribution in [0.1, 0.15) is 35.5 Å². The first kappa shape index (κ1) is 15.7. The number of nitrogens with zero attached hydrogens (tertiary/aromatic N) is 1. The van der Waals surface area contributed by atoms with Crippen LogP contribution in [0.2, 0.25) is 5.02 Å². The summed E-state index contributed by atoms with van der Waals surface area (Å²) in [5.74, 6) is 0.294. The van der Waals surface area contributed by atoms with E-state index in [0.717, 1.165) is 17.0 Å². The van der Waals surface area contributed by atoms with Crippen molar-refractivity contribution in [2.24, 2.45) is 0 Å². The summed E-state index contributed by atoms with van der Waals surface area (Å²) in [7, 11) is 0. The smallest absolute Gasteiger partial charge is 0.148 e. The van der Waals surface area contributed by atoms with Gasteiger partial charge in [-0.2, -0.15) is 0 Å². The summed E-state index contributed by atoms with van der Waals surface area (Å²) in [5, 5.41) is 9.68. The Morgan fingerprint density at radius 1 is 1.19 bits per heavy atom. The molecule has 1 heterocycles. The van der Waals surface area contributed by atoms with Gasteiger partial charge < -0.3 is 9.84 Å². The molecule has 0 bridgehead atoms. The molecule has 0 aliphatic heterocycles. The summed E-state index contributed by atoms with van der Waals surface area (Å²) in [5.41, 5.74) is 2.86. The molecule has 0 radical (unpaired) electrons. The molecule has 3 nitrogen and oxygen atoms in total. The second-order valence-electron chi connectivity index (χ2n) is 5.03. The quantitative estimate of drug-likeness (QED) is 0.897. The fraction of sp³-hybridized carbons (Fsp3) is 0.312. The highest BCUT2D eigenvalue weighted by Gasteiger charge is 2.18. The van der Waals surface area contributed by atoms with E-state index in [2.05, 4.69) is 4.98 Å². The maximum Gasteiger partial charge on any atom is 0.148 e. The maximum absolute atomic E-state index is 13.5. The number of hydrogen-bond donors (Lipinski definition) is 1. The lowest BCUT2D eigenvalue weighted by Crippen LogP contribution is -2.01. The predicted molar refractivity (Wildman–Crippen MR) is 80.6 cm³/mol. The number of benzene rings is 1. The Bertz CT molecular complexity index is 686. The number of aliphatic hydroxyl groups excluding tert-OH is 1. The van der Waals surface area contributed by atoms with Gasteiger partial charge in [0.2, 0.25) is 0 Å². The van der Waals surface area contributed by atoms with Crippen LogP contribution in [-0.4, -0.2) is 10.1 Å². The average molecular weight is 310 g/mol. The molecular weight excluding hydrogens is 293 g/mol. The van der Waals surface area contributed by atoms with Crippen LogP contribution in [0.25, 0.3) is 0 Å². The van der Waals surface area contributed by atoms with Crippen molar-refractivity contribution in [3.63, 3.8) is 0 Å². The lowest BCUT2D eigenvalue weighted by molar-refractivity contribution is 0.195. The van der Waals surface area contributed by atoms with Crippen LogP contribution in [0.3, 0.4) is 0 Å². The van der Waals surface area contributed by atoms with Gasteiger partial charge in [0, 0.05) is 11.3 Å². The summed E-state index contributed by atoms with van der Waals surface area (Å²) < 4.78 is 19.3. The van der Waals surface area contributed by atoms with Crippen molar-refractivity contribution in [1.29, 1.82) is 0 Å². The molecule has 1 unspecified atom stereocenters. The molecule has 2 aromatic rings. The molecule has 1 aromatic heterocycles. The minimum absolute atomic E-state index is 0.128. The zero-order chi connectivity index (χ0) is 15.7. The zero-order valence-corrected chi connectivity index (χ0v) is 13.1. The first-order valence-corrected chi connectivity index (χ1v) is 6.97. The predicted octanol–water partition coefficient (Wildman–Crippen LogP) is 4.64. The van der Waals surface area contributed by atoms with Crippen molar-refractivity contribution >= 4 is 11.6 Å². The fourth-order valence-corrected chi connectivity index (χ4v) is 2.36. The van der Waals surface area contributed by atoms with E-state index in [9.17, 15) is 9.50 Å². The standard InChI is InChI=1S/C16H17ClFNO2/c1-8-7-14(10(3)19-9(8)2)21-13-6-5-12(18)16(17)15(13)11(4)20/h5-7,11,20H,1-4H3. The third-order valence-corrected chi connectivity index (χ3v) is 3.72. The molecule has 0 spiro atoms. The van der Waals surface area contributed by atoms with Crippen LogP contribution in [0.5, 0.6) is 11.5 Å². The van der Waals surface area contributed by atoms with Crippen molar-refractivity contribution in [3.05, 3.63) is 51.6 Å². The highest BCUT2D eigenvalue weighted by Crippen LogP contribution is 2.37. The largest absolute Gasteiger partial charge is 0.455 e. The molecule has 0 amide bonds. The third kappa shape index (κ3) is 3.17. The number of hydrogen-bond acceptors (Lipinski definition) is 3. The third-order valence-electron chi connectivity index (χ3n) is 3.34. The number of aryl methyl sites for hydroxylation is 3. The average Bonchev–Trinajstić information content (AvgIpc) is 2.40. The van der Waals surface area contributed by atoms with Crippen molar-refractivity contribution in [2.45, 2.75) is 33.8 Å². The van der Waals surface area contributed by atoms with E-state index in [1.54, 1.807) is 0 Å². The van der Waals surface area contributed by atoms with E-state index >= 15 is 0 Å². The number of aromatic nitrogens is 1. The second kappa shape index (κ2) is 6.00. The van der Waals surface area contributed by atoms with Gasteiger partial charge in [0.15, 0.2) is 0 Å². The van der Waals surface area contributed by atoms with Crippen LogP contribution in [-0.2, 0) is 0 Å². The first-order valence-electron chi connectivity index (χ1n) is 6.60. The molecule has 0 fully saturated rings. The van der Waals surface area contributed by atoms with Gasteiger partial charge in [0.25, 0.3) is 0 Å². The highest BCUT2D eigenvalue weighted by molar-refractivity contribution is 6.31. The van der Waals surface area contributed by atoms with Gasteiger partial charge in [0.05, 0.1) is 16.8 Å². The summed E-state index contributed by atoms with van der Waals surface area (Å²) in [6.07, 6.45) is -0.942. The summed E-state index contributed by atoms with van der Waals surface area (Å²) in [4.78, 5) is 4.39. The van der Waals surface area contributed by atoms with Gasteiger partial charge in [-0.1, -0.05) is 11.6 Å². The van der Waals surface area contributed by atoms with E-state index in [0.29, 0.717) is 11.5 Å². The zero-order valence-electron chi connectivity index (χ0n) is 12.4. The van der Waals surface area contributed by atoms with Crippen LogP contribution in [0, 0.1) is 26.6 Å². The minimum atomic E-state index is -0.942. The SMILES string of the molecule is Cc1cc(Oc2ccc(F)c(Cl)c2C(C)O)c(C)nc1C. The molecule has 21 heavy (non-hydrogen) atoms. The van der Waals surface area contributed by atoms with E-state index < -0.39 is 11.9 Å². The second-order valence-corrected chi connectivity index (χ2v) is 5.40. The Kier molecular flexibility index (Phi) is 4.49. The van der Waals surface area contributed by atoms with Crippen LogP contribution in [0.15, 0.2) is 18.2 Å². The van der Waals surface area contributed by atoms with Crippen molar-refractivity contribution in [2.75, 3.05) is 0 Å². The van der Waals surface area contributed by atoms with Gasteiger partial charge in [-0.05, 0) is 51.5 Å². The molecule has 1 N–H and O–H groups in total. The number of ether oxygens (including phenoxy) is 1. The Morgan fingerprint density at radius 2 is 1.86 bits per heavy atom. The molecule has 0 saturated heterocycles. The van der Waals surface area contributed by atoms with Gasteiger partial charge in [-0.25, -0.2) is 4.39 Å². The normalized spacial score (nSPS) is 12.3. The minimum Gasteiger partial charge on any atom is -0.455 e. The monoisotopic (exact) mass is 309 g/mol. The molecule has 0 aliphatic rings. The van der Waals surface area contributed by atoms with E-state index in [-0.39, 0.29) is 10.6 Å². The Balaban J connectivity index is 2.50. The Labute approximate surface area is 128 Å². The molecule has 0 saturated carbocycles. The van der Waals surface area contributed by atoms with Gasteiger partial charge in [-0.15, -0.1) is 0 Å². The van der Waals surface area contributed by atoms with Crippen molar-refractivity contribution in [1.82, 2.24) is 4.98 Å². The van der Waals surface area contributed by atoms with Crippen molar-refractivity contribution < 1.29 is 14.2 Å². The highest BCUT2D eigenvalue weighted by atomic mass is 35.5. The van der Waals surface area contributed by atoms with Gasteiger partial charge in [0.1, 0.15) is 17.3 Å². The Morgan fingerprint density at radius 3 is 2.48 bits per heavy atom. The molecule has 112 valence electrons. The Hall–Kier alpha value is -1.65. The summed E-state index contributed by atoms with van der Waals surface area (Å²) >= 11 is 5.93. The number of aliphatic hydroxyl groups is 1.